The second kappa shape index (κ2) is 5.05. The van der Waals surface area contributed by atoms with E-state index in [0.717, 1.165) is 32.5 Å². The predicted octanol–water partition coefficient (Wildman–Crippen LogP) is 3.50. The molecule has 3 rings (SSSR count). The van der Waals surface area contributed by atoms with Gasteiger partial charge >= 0.3 is 0 Å². The quantitative estimate of drug-likeness (QED) is 0.851. The summed E-state index contributed by atoms with van der Waals surface area (Å²) < 4.78 is 11.1. The van der Waals surface area contributed by atoms with Crippen LogP contribution in [-0.2, 0) is 0 Å². The lowest BCUT2D eigenvalue weighted by Crippen LogP contribution is -2.15. The molecule has 0 unspecified atom stereocenters. The maximum absolute atomic E-state index is 5.93. The molecule has 2 N–H and O–H groups in total. The maximum atomic E-state index is 5.93. The molecular weight excluding hydrogens is 258 g/mol. The number of ether oxygens (including phenoxy) is 2. The third kappa shape index (κ3) is 2.49. The number of benzene rings is 2. The molecule has 4 heteroatoms. The SMILES string of the molecule is Cc1c(N)cccc1Sc1ccc2c(c1)OCCO2. The zero-order valence-electron chi connectivity index (χ0n) is 10.7. The van der Waals surface area contributed by atoms with E-state index in [1.165, 1.54) is 0 Å². The molecule has 1 aliphatic heterocycles. The van der Waals surface area contributed by atoms with Gasteiger partial charge < -0.3 is 15.2 Å². The highest BCUT2D eigenvalue weighted by Gasteiger charge is 2.12. The molecule has 0 fully saturated rings. The van der Waals surface area contributed by atoms with Gasteiger partial charge in [0.05, 0.1) is 0 Å². The van der Waals surface area contributed by atoms with Crippen LogP contribution in [0.3, 0.4) is 0 Å². The van der Waals surface area contributed by atoms with E-state index >= 15 is 0 Å². The number of nitrogen functional groups attached to an aromatic ring is 1. The highest BCUT2D eigenvalue weighted by atomic mass is 32.2. The molecule has 2 aromatic rings. The largest absolute Gasteiger partial charge is 0.486 e. The summed E-state index contributed by atoms with van der Waals surface area (Å²) in [5, 5.41) is 0. The molecule has 0 bridgehead atoms. The van der Waals surface area contributed by atoms with Crippen molar-refractivity contribution in [2.75, 3.05) is 18.9 Å². The zero-order chi connectivity index (χ0) is 13.2. The smallest absolute Gasteiger partial charge is 0.162 e. The van der Waals surface area contributed by atoms with Gasteiger partial charge in [-0.3, -0.25) is 0 Å². The van der Waals surface area contributed by atoms with Gasteiger partial charge in [-0.1, -0.05) is 17.8 Å². The Morgan fingerprint density at radius 3 is 2.68 bits per heavy atom. The molecule has 0 saturated heterocycles. The van der Waals surface area contributed by atoms with E-state index in [1.807, 2.05) is 37.3 Å². The second-order valence-electron chi connectivity index (χ2n) is 4.38. The van der Waals surface area contributed by atoms with Gasteiger partial charge in [-0.15, -0.1) is 0 Å². The standard InChI is InChI=1S/C15H15NO2S/c1-10-12(16)3-2-4-15(10)19-11-5-6-13-14(9-11)18-8-7-17-13/h2-6,9H,7-8,16H2,1H3. The van der Waals surface area contributed by atoms with Crippen LogP contribution in [0.4, 0.5) is 5.69 Å². The van der Waals surface area contributed by atoms with E-state index in [1.54, 1.807) is 11.8 Å². The van der Waals surface area contributed by atoms with Crippen molar-refractivity contribution in [3.63, 3.8) is 0 Å². The highest BCUT2D eigenvalue weighted by molar-refractivity contribution is 7.99. The van der Waals surface area contributed by atoms with E-state index in [0.29, 0.717) is 13.2 Å². The van der Waals surface area contributed by atoms with Crippen molar-refractivity contribution in [2.45, 2.75) is 16.7 Å². The molecule has 0 spiro atoms. The fourth-order valence-corrected chi connectivity index (χ4v) is 2.93. The Morgan fingerprint density at radius 1 is 1.05 bits per heavy atom. The Bertz CT molecular complexity index is 613. The monoisotopic (exact) mass is 273 g/mol. The Morgan fingerprint density at radius 2 is 1.84 bits per heavy atom. The van der Waals surface area contributed by atoms with Crippen LogP contribution in [0.1, 0.15) is 5.56 Å². The number of nitrogens with two attached hydrogens (primary N) is 1. The lowest BCUT2D eigenvalue weighted by atomic mass is 10.2. The van der Waals surface area contributed by atoms with Gasteiger partial charge in [0.25, 0.3) is 0 Å². The Kier molecular flexibility index (Phi) is 3.25. The second-order valence-corrected chi connectivity index (χ2v) is 5.49. The van der Waals surface area contributed by atoms with Crippen molar-refractivity contribution in [3.8, 4) is 11.5 Å². The van der Waals surface area contributed by atoms with Gasteiger partial charge in [0.1, 0.15) is 13.2 Å². The topological polar surface area (TPSA) is 44.5 Å². The first-order valence-electron chi connectivity index (χ1n) is 6.16. The summed E-state index contributed by atoms with van der Waals surface area (Å²) in [7, 11) is 0. The first-order valence-corrected chi connectivity index (χ1v) is 6.98. The Hall–Kier alpha value is -1.81. The first kappa shape index (κ1) is 12.2. The van der Waals surface area contributed by atoms with Crippen LogP contribution >= 0.6 is 11.8 Å². The van der Waals surface area contributed by atoms with Crippen molar-refractivity contribution >= 4 is 17.4 Å². The van der Waals surface area contributed by atoms with E-state index in [4.69, 9.17) is 15.2 Å². The number of hydrogen-bond donors (Lipinski definition) is 1. The summed E-state index contributed by atoms with van der Waals surface area (Å²) in [4.78, 5) is 2.29. The van der Waals surface area contributed by atoms with Crippen molar-refractivity contribution in [1.82, 2.24) is 0 Å². The molecule has 1 heterocycles. The minimum Gasteiger partial charge on any atom is -0.486 e. The third-order valence-electron chi connectivity index (χ3n) is 3.07. The van der Waals surface area contributed by atoms with Gasteiger partial charge in [0.15, 0.2) is 11.5 Å². The minimum atomic E-state index is 0.610. The third-order valence-corrected chi connectivity index (χ3v) is 4.22. The van der Waals surface area contributed by atoms with Crippen molar-refractivity contribution in [3.05, 3.63) is 42.0 Å². The molecule has 0 radical (unpaired) electrons. The lowest BCUT2D eigenvalue weighted by molar-refractivity contribution is 0.171. The average Bonchev–Trinajstić information content (AvgIpc) is 2.44. The van der Waals surface area contributed by atoms with Crippen LogP contribution in [0.2, 0.25) is 0 Å². The van der Waals surface area contributed by atoms with E-state index in [9.17, 15) is 0 Å². The summed E-state index contributed by atoms with van der Waals surface area (Å²) in [6.45, 7) is 3.27. The Labute approximate surface area is 116 Å². The number of anilines is 1. The summed E-state index contributed by atoms with van der Waals surface area (Å²) in [5.74, 6) is 1.64. The fraction of sp³-hybridized carbons (Fsp3) is 0.200. The molecule has 0 atom stereocenters. The van der Waals surface area contributed by atoms with E-state index in [2.05, 4.69) is 6.07 Å². The lowest BCUT2D eigenvalue weighted by Gasteiger charge is -2.19. The van der Waals surface area contributed by atoms with Gasteiger partial charge in [0.2, 0.25) is 0 Å². The maximum Gasteiger partial charge on any atom is 0.162 e. The first-order chi connectivity index (χ1) is 9.24. The zero-order valence-corrected chi connectivity index (χ0v) is 11.5. The molecule has 19 heavy (non-hydrogen) atoms. The van der Waals surface area contributed by atoms with E-state index < -0.39 is 0 Å². The highest BCUT2D eigenvalue weighted by Crippen LogP contribution is 2.38. The van der Waals surface area contributed by atoms with Gasteiger partial charge in [0, 0.05) is 15.5 Å². The van der Waals surface area contributed by atoms with Crippen LogP contribution < -0.4 is 15.2 Å². The van der Waals surface area contributed by atoms with Crippen molar-refractivity contribution < 1.29 is 9.47 Å². The number of hydrogen-bond acceptors (Lipinski definition) is 4. The average molecular weight is 273 g/mol. The molecule has 0 aliphatic carbocycles. The molecule has 0 saturated carbocycles. The minimum absolute atomic E-state index is 0.610. The Balaban J connectivity index is 1.89. The normalized spacial score (nSPS) is 13.3. The van der Waals surface area contributed by atoms with Crippen LogP contribution in [-0.4, -0.2) is 13.2 Å². The molecule has 3 nitrogen and oxygen atoms in total. The van der Waals surface area contributed by atoms with Crippen molar-refractivity contribution in [2.24, 2.45) is 0 Å². The summed E-state index contributed by atoms with van der Waals surface area (Å²) in [6.07, 6.45) is 0. The summed E-state index contributed by atoms with van der Waals surface area (Å²) in [5.41, 5.74) is 7.86. The van der Waals surface area contributed by atoms with Crippen LogP contribution in [0.5, 0.6) is 11.5 Å². The van der Waals surface area contributed by atoms with Crippen molar-refractivity contribution in [1.29, 1.82) is 0 Å². The molecular formula is C15H15NO2S. The van der Waals surface area contributed by atoms with Gasteiger partial charge in [-0.25, -0.2) is 0 Å². The fourth-order valence-electron chi connectivity index (χ4n) is 1.96. The number of rotatable bonds is 2. The van der Waals surface area contributed by atoms with Crippen LogP contribution in [0, 0.1) is 6.92 Å². The number of fused-ring (bicyclic) bond motifs is 1. The van der Waals surface area contributed by atoms with Gasteiger partial charge in [-0.2, -0.15) is 0 Å². The van der Waals surface area contributed by atoms with E-state index in [-0.39, 0.29) is 0 Å². The molecule has 1 aliphatic rings. The van der Waals surface area contributed by atoms with Crippen LogP contribution in [0.25, 0.3) is 0 Å². The molecule has 0 aromatic heterocycles. The molecule has 98 valence electrons. The predicted molar refractivity (Wildman–Crippen MR) is 77.1 cm³/mol. The summed E-state index contributed by atoms with van der Waals surface area (Å²) >= 11 is 1.69. The molecule has 2 aromatic carbocycles. The summed E-state index contributed by atoms with van der Waals surface area (Å²) in [6, 6.07) is 12.0. The van der Waals surface area contributed by atoms with Crippen LogP contribution in [0.15, 0.2) is 46.2 Å². The van der Waals surface area contributed by atoms with Gasteiger partial charge in [-0.05, 0) is 42.8 Å². The molecule has 0 amide bonds.